The van der Waals surface area contributed by atoms with E-state index in [9.17, 15) is 4.79 Å². The number of nitrogens with zero attached hydrogens (tertiary/aromatic N) is 1. The second kappa shape index (κ2) is 6.53. The molecule has 0 N–H and O–H groups in total. The van der Waals surface area contributed by atoms with E-state index in [1.165, 1.54) is 0 Å². The van der Waals surface area contributed by atoms with Crippen LogP contribution in [0.1, 0.15) is 12.0 Å². The number of fused-ring (bicyclic) bond motifs is 1. The molecular weight excluding hydrogens is 306 g/mol. The minimum Gasteiger partial charge on any atom is -0.454 e. The highest BCUT2D eigenvalue weighted by molar-refractivity contribution is 5.95. The SMILES string of the molecule is O=C(C1CCOC1)N(Cc1ccc2c(c1)OCO2)c1ccccc1. The van der Waals surface area contributed by atoms with Crippen molar-refractivity contribution >= 4 is 11.6 Å². The lowest BCUT2D eigenvalue weighted by atomic mass is 10.1. The molecule has 5 heteroatoms. The van der Waals surface area contributed by atoms with Crippen LogP contribution >= 0.6 is 0 Å². The maximum atomic E-state index is 13.0. The molecule has 1 fully saturated rings. The van der Waals surface area contributed by atoms with Gasteiger partial charge in [-0.15, -0.1) is 0 Å². The summed E-state index contributed by atoms with van der Waals surface area (Å²) < 4.78 is 16.2. The zero-order valence-electron chi connectivity index (χ0n) is 13.3. The van der Waals surface area contributed by atoms with Crippen molar-refractivity contribution in [3.63, 3.8) is 0 Å². The van der Waals surface area contributed by atoms with E-state index in [2.05, 4.69) is 0 Å². The van der Waals surface area contributed by atoms with E-state index in [-0.39, 0.29) is 18.6 Å². The monoisotopic (exact) mass is 325 g/mol. The van der Waals surface area contributed by atoms with E-state index in [0.717, 1.165) is 29.2 Å². The van der Waals surface area contributed by atoms with Crippen molar-refractivity contribution in [2.75, 3.05) is 24.9 Å². The summed E-state index contributed by atoms with van der Waals surface area (Å²) in [7, 11) is 0. The first-order chi connectivity index (χ1) is 11.8. The van der Waals surface area contributed by atoms with Gasteiger partial charge in [-0.25, -0.2) is 0 Å². The molecule has 124 valence electrons. The van der Waals surface area contributed by atoms with Crippen molar-refractivity contribution in [2.24, 2.45) is 5.92 Å². The molecule has 2 aromatic carbocycles. The van der Waals surface area contributed by atoms with Crippen LogP contribution in [0.3, 0.4) is 0 Å². The molecule has 2 aromatic rings. The summed E-state index contributed by atoms with van der Waals surface area (Å²) in [5.41, 5.74) is 1.91. The van der Waals surface area contributed by atoms with E-state index < -0.39 is 0 Å². The molecule has 2 aliphatic rings. The quantitative estimate of drug-likeness (QED) is 0.867. The van der Waals surface area contributed by atoms with E-state index >= 15 is 0 Å². The second-order valence-electron chi connectivity index (χ2n) is 6.01. The van der Waals surface area contributed by atoms with Gasteiger partial charge in [0.2, 0.25) is 12.7 Å². The number of carbonyl (C=O) groups is 1. The number of benzene rings is 2. The number of anilines is 1. The van der Waals surface area contributed by atoms with Gasteiger partial charge in [0.1, 0.15) is 0 Å². The van der Waals surface area contributed by atoms with Gasteiger partial charge < -0.3 is 19.1 Å². The fraction of sp³-hybridized carbons (Fsp3) is 0.316. The van der Waals surface area contributed by atoms with Gasteiger partial charge >= 0.3 is 0 Å². The minimum absolute atomic E-state index is 0.0702. The molecule has 0 aliphatic carbocycles. The standard InChI is InChI=1S/C19H19NO4/c21-19(15-8-9-22-12-15)20(16-4-2-1-3-5-16)11-14-6-7-17-18(10-14)24-13-23-17/h1-7,10,15H,8-9,11-13H2. The van der Waals surface area contributed by atoms with Crippen molar-refractivity contribution in [3.05, 3.63) is 54.1 Å². The summed E-state index contributed by atoms with van der Waals surface area (Å²) in [5, 5.41) is 0. The summed E-state index contributed by atoms with van der Waals surface area (Å²) in [5.74, 6) is 1.52. The Balaban J connectivity index is 1.61. The smallest absolute Gasteiger partial charge is 0.232 e. The maximum Gasteiger partial charge on any atom is 0.232 e. The lowest BCUT2D eigenvalue weighted by Crippen LogP contribution is -2.36. The largest absolute Gasteiger partial charge is 0.454 e. The van der Waals surface area contributed by atoms with Gasteiger partial charge in [-0.3, -0.25) is 4.79 Å². The van der Waals surface area contributed by atoms with Gasteiger partial charge in [0.15, 0.2) is 11.5 Å². The Kier molecular flexibility index (Phi) is 4.09. The highest BCUT2D eigenvalue weighted by Crippen LogP contribution is 2.33. The number of amides is 1. The maximum absolute atomic E-state index is 13.0. The minimum atomic E-state index is -0.0702. The van der Waals surface area contributed by atoms with Gasteiger partial charge in [-0.05, 0) is 36.2 Å². The third-order valence-electron chi connectivity index (χ3n) is 4.39. The van der Waals surface area contributed by atoms with Crippen LogP contribution in [0, 0.1) is 5.92 Å². The molecule has 5 nitrogen and oxygen atoms in total. The van der Waals surface area contributed by atoms with Crippen LogP contribution < -0.4 is 14.4 Å². The van der Waals surface area contributed by atoms with Crippen LogP contribution in [0.4, 0.5) is 5.69 Å². The highest BCUT2D eigenvalue weighted by Gasteiger charge is 2.29. The lowest BCUT2D eigenvalue weighted by molar-refractivity contribution is -0.122. The summed E-state index contributed by atoms with van der Waals surface area (Å²) in [4.78, 5) is 14.8. The summed E-state index contributed by atoms with van der Waals surface area (Å²) in [6, 6.07) is 15.6. The average Bonchev–Trinajstić information content (AvgIpc) is 3.31. The normalized spacial score (nSPS) is 18.6. The van der Waals surface area contributed by atoms with Gasteiger partial charge in [0, 0.05) is 12.3 Å². The zero-order valence-corrected chi connectivity index (χ0v) is 13.3. The Labute approximate surface area is 140 Å². The number of hydrogen-bond acceptors (Lipinski definition) is 4. The third-order valence-corrected chi connectivity index (χ3v) is 4.39. The Hall–Kier alpha value is -2.53. The first-order valence-corrected chi connectivity index (χ1v) is 8.14. The van der Waals surface area contributed by atoms with E-state index in [4.69, 9.17) is 14.2 Å². The molecule has 4 rings (SSSR count). The molecule has 2 heterocycles. The van der Waals surface area contributed by atoms with Crippen LogP contribution in [0.5, 0.6) is 11.5 Å². The Morgan fingerprint density at radius 2 is 1.92 bits per heavy atom. The first kappa shape index (κ1) is 15.0. The fourth-order valence-electron chi connectivity index (χ4n) is 3.08. The summed E-state index contributed by atoms with van der Waals surface area (Å²) in [6.45, 7) is 1.90. The van der Waals surface area contributed by atoms with Crippen LogP contribution in [-0.4, -0.2) is 25.9 Å². The van der Waals surface area contributed by atoms with Crippen LogP contribution in [0.15, 0.2) is 48.5 Å². The zero-order chi connectivity index (χ0) is 16.4. The molecule has 1 unspecified atom stereocenters. The van der Waals surface area contributed by atoms with Gasteiger partial charge in [0.05, 0.1) is 19.1 Å². The number of para-hydroxylation sites is 1. The topological polar surface area (TPSA) is 48.0 Å². The van der Waals surface area contributed by atoms with Crippen molar-refractivity contribution in [3.8, 4) is 11.5 Å². The Morgan fingerprint density at radius 1 is 1.08 bits per heavy atom. The number of rotatable bonds is 4. The van der Waals surface area contributed by atoms with Crippen LogP contribution in [0.25, 0.3) is 0 Å². The molecule has 0 radical (unpaired) electrons. The molecule has 1 amide bonds. The third kappa shape index (κ3) is 2.95. The lowest BCUT2D eigenvalue weighted by Gasteiger charge is -2.25. The van der Waals surface area contributed by atoms with Gasteiger partial charge in [-0.1, -0.05) is 24.3 Å². The summed E-state index contributed by atoms with van der Waals surface area (Å²) in [6.07, 6.45) is 0.781. The molecule has 0 saturated carbocycles. The van der Waals surface area contributed by atoms with Crippen LogP contribution in [-0.2, 0) is 16.1 Å². The van der Waals surface area contributed by atoms with Crippen LogP contribution in [0.2, 0.25) is 0 Å². The van der Waals surface area contributed by atoms with E-state index in [0.29, 0.717) is 19.8 Å². The predicted octanol–water partition coefficient (Wildman–Crippen LogP) is 2.99. The molecule has 1 atom stereocenters. The van der Waals surface area contributed by atoms with Crippen molar-refractivity contribution in [1.29, 1.82) is 0 Å². The molecule has 1 saturated heterocycles. The second-order valence-corrected chi connectivity index (χ2v) is 6.01. The van der Waals surface area contributed by atoms with E-state index in [1.807, 2.05) is 53.4 Å². The molecule has 0 spiro atoms. The van der Waals surface area contributed by atoms with E-state index in [1.54, 1.807) is 0 Å². The predicted molar refractivity (Wildman–Crippen MR) is 89.1 cm³/mol. The van der Waals surface area contributed by atoms with Crippen molar-refractivity contribution in [1.82, 2.24) is 0 Å². The van der Waals surface area contributed by atoms with Gasteiger partial charge in [-0.2, -0.15) is 0 Å². The fourth-order valence-corrected chi connectivity index (χ4v) is 3.08. The molecule has 0 bridgehead atoms. The van der Waals surface area contributed by atoms with Crippen molar-refractivity contribution in [2.45, 2.75) is 13.0 Å². The first-order valence-electron chi connectivity index (χ1n) is 8.14. The Bertz CT molecular complexity index is 725. The number of hydrogen-bond donors (Lipinski definition) is 0. The molecule has 2 aliphatic heterocycles. The number of carbonyl (C=O) groups excluding carboxylic acids is 1. The highest BCUT2D eigenvalue weighted by atomic mass is 16.7. The van der Waals surface area contributed by atoms with Gasteiger partial charge in [0.25, 0.3) is 0 Å². The molecule has 0 aromatic heterocycles. The van der Waals surface area contributed by atoms with Crippen molar-refractivity contribution < 1.29 is 19.0 Å². The molecule has 24 heavy (non-hydrogen) atoms. The number of ether oxygens (including phenoxy) is 3. The summed E-state index contributed by atoms with van der Waals surface area (Å²) >= 11 is 0. The Morgan fingerprint density at radius 3 is 2.71 bits per heavy atom. The average molecular weight is 325 g/mol. The molecular formula is C19H19NO4.